The van der Waals surface area contributed by atoms with E-state index in [-0.39, 0.29) is 12.4 Å². The lowest BCUT2D eigenvalue weighted by Crippen LogP contribution is -2.13. The van der Waals surface area contributed by atoms with E-state index in [4.69, 9.17) is 16.3 Å². The zero-order chi connectivity index (χ0) is 13.0. The number of ether oxygens (including phenoxy) is 1. The number of thiophene rings is 1. The average Bonchev–Trinajstić information content (AvgIpc) is 2.72. The van der Waals surface area contributed by atoms with E-state index in [0.29, 0.717) is 17.2 Å². The van der Waals surface area contributed by atoms with Gasteiger partial charge in [-0.15, -0.1) is 11.3 Å². The Kier molecular flexibility index (Phi) is 4.80. The number of carbonyl (C=O) groups excluding carboxylic acids is 1. The Morgan fingerprint density at radius 3 is 2.83 bits per heavy atom. The molecule has 0 bridgehead atoms. The normalized spacial score (nSPS) is 10.3. The van der Waals surface area contributed by atoms with Gasteiger partial charge in [-0.05, 0) is 46.3 Å². The second-order valence-electron chi connectivity index (χ2n) is 3.67. The number of hydrogen-bond acceptors (Lipinski definition) is 3. The van der Waals surface area contributed by atoms with Gasteiger partial charge in [-0.25, -0.2) is 0 Å². The molecule has 0 fully saturated rings. The third-order valence-electron chi connectivity index (χ3n) is 2.20. The molecule has 18 heavy (non-hydrogen) atoms. The van der Waals surface area contributed by atoms with Gasteiger partial charge in [0.2, 0.25) is 0 Å². The van der Waals surface area contributed by atoms with E-state index in [2.05, 4.69) is 15.9 Å². The summed E-state index contributed by atoms with van der Waals surface area (Å²) in [5.41, 5.74) is 0. The van der Waals surface area contributed by atoms with Crippen molar-refractivity contribution in [2.45, 2.75) is 6.42 Å². The quantitative estimate of drug-likeness (QED) is 0.805. The first-order chi connectivity index (χ1) is 8.63. The minimum atomic E-state index is 0.0457. The highest BCUT2D eigenvalue weighted by atomic mass is 79.9. The van der Waals surface area contributed by atoms with Gasteiger partial charge in [-0.2, -0.15) is 0 Å². The first kappa shape index (κ1) is 13.6. The molecule has 0 atom stereocenters. The molecule has 0 amide bonds. The third-order valence-corrected chi connectivity index (χ3v) is 4.05. The molecular formula is C13H10BrClO2S. The minimum Gasteiger partial charge on any atom is -0.486 e. The highest BCUT2D eigenvalue weighted by Gasteiger charge is 2.07. The monoisotopic (exact) mass is 344 g/mol. The number of rotatable bonds is 5. The van der Waals surface area contributed by atoms with Gasteiger partial charge >= 0.3 is 0 Å². The van der Waals surface area contributed by atoms with Gasteiger partial charge in [0.25, 0.3) is 0 Å². The van der Waals surface area contributed by atoms with Crippen molar-refractivity contribution in [3.8, 4) is 5.75 Å². The van der Waals surface area contributed by atoms with Gasteiger partial charge in [-0.3, -0.25) is 4.79 Å². The van der Waals surface area contributed by atoms with E-state index in [9.17, 15) is 4.79 Å². The summed E-state index contributed by atoms with van der Waals surface area (Å²) in [5.74, 6) is 0.660. The van der Waals surface area contributed by atoms with Crippen LogP contribution in [0.5, 0.6) is 5.75 Å². The van der Waals surface area contributed by atoms with Crippen LogP contribution >= 0.6 is 38.9 Å². The standard InChI is InChI=1S/C13H10BrClO2S/c14-13-5-4-12(18-13)7-10(16)8-17-11-3-1-2-9(15)6-11/h1-6H,7-8H2. The molecule has 0 saturated carbocycles. The Bertz CT molecular complexity index is 553. The van der Waals surface area contributed by atoms with E-state index in [0.717, 1.165) is 8.66 Å². The molecule has 0 aliphatic carbocycles. The Balaban J connectivity index is 1.85. The van der Waals surface area contributed by atoms with Gasteiger partial charge in [0.15, 0.2) is 5.78 Å². The van der Waals surface area contributed by atoms with Crippen molar-refractivity contribution < 1.29 is 9.53 Å². The Morgan fingerprint density at radius 1 is 1.33 bits per heavy atom. The fraction of sp³-hybridized carbons (Fsp3) is 0.154. The van der Waals surface area contributed by atoms with E-state index < -0.39 is 0 Å². The molecule has 0 saturated heterocycles. The van der Waals surface area contributed by atoms with Crippen LogP contribution in [0.1, 0.15) is 4.88 Å². The first-order valence-electron chi connectivity index (χ1n) is 5.28. The smallest absolute Gasteiger partial charge is 0.175 e. The second kappa shape index (κ2) is 6.36. The Morgan fingerprint density at radius 2 is 2.17 bits per heavy atom. The van der Waals surface area contributed by atoms with Crippen LogP contribution in [0.15, 0.2) is 40.2 Å². The first-order valence-corrected chi connectivity index (χ1v) is 7.26. The summed E-state index contributed by atoms with van der Waals surface area (Å²) in [5, 5.41) is 0.599. The number of halogens is 2. The van der Waals surface area contributed by atoms with Crippen LogP contribution in [0.3, 0.4) is 0 Å². The Labute approximate surface area is 123 Å². The topological polar surface area (TPSA) is 26.3 Å². The fourth-order valence-corrected chi connectivity index (χ4v) is 3.10. The average molecular weight is 346 g/mol. The largest absolute Gasteiger partial charge is 0.486 e. The second-order valence-corrected chi connectivity index (χ2v) is 6.65. The maximum Gasteiger partial charge on any atom is 0.175 e. The molecule has 2 aromatic rings. The number of Topliss-reactive ketones (excluding diaryl/α,β-unsaturated/α-hetero) is 1. The van der Waals surface area contributed by atoms with Crippen LogP contribution in [0, 0.1) is 0 Å². The zero-order valence-corrected chi connectivity index (χ0v) is 12.5. The molecule has 2 rings (SSSR count). The number of ketones is 1. The molecule has 0 spiro atoms. The van der Waals surface area contributed by atoms with Gasteiger partial charge in [0.1, 0.15) is 12.4 Å². The van der Waals surface area contributed by atoms with Gasteiger partial charge < -0.3 is 4.74 Å². The van der Waals surface area contributed by atoms with Crippen molar-refractivity contribution >= 4 is 44.7 Å². The summed E-state index contributed by atoms with van der Waals surface area (Å²) >= 11 is 10.8. The fourth-order valence-electron chi connectivity index (χ4n) is 1.41. The van der Waals surface area contributed by atoms with Gasteiger partial charge in [-0.1, -0.05) is 17.7 Å². The summed E-state index contributed by atoms with van der Waals surface area (Å²) in [4.78, 5) is 12.7. The van der Waals surface area contributed by atoms with Crippen molar-refractivity contribution in [3.05, 3.63) is 50.1 Å². The minimum absolute atomic E-state index is 0.0457. The molecule has 2 nitrogen and oxygen atoms in total. The van der Waals surface area contributed by atoms with Crippen molar-refractivity contribution in [3.63, 3.8) is 0 Å². The summed E-state index contributed by atoms with van der Waals surface area (Å²) in [6.45, 7) is 0.0653. The Hall–Kier alpha value is -0.840. The van der Waals surface area contributed by atoms with Crippen molar-refractivity contribution in [1.29, 1.82) is 0 Å². The highest BCUT2D eigenvalue weighted by molar-refractivity contribution is 9.11. The predicted octanol–water partition coefficient (Wildman–Crippen LogP) is 4.35. The molecular weight excluding hydrogens is 336 g/mol. The lowest BCUT2D eigenvalue weighted by Gasteiger charge is -2.04. The molecule has 5 heteroatoms. The summed E-state index contributed by atoms with van der Waals surface area (Å²) in [6, 6.07) is 10.9. The molecule has 1 heterocycles. The summed E-state index contributed by atoms with van der Waals surface area (Å²) in [7, 11) is 0. The van der Waals surface area contributed by atoms with Crippen molar-refractivity contribution in [2.75, 3.05) is 6.61 Å². The van der Waals surface area contributed by atoms with E-state index in [1.165, 1.54) is 0 Å². The number of hydrogen-bond donors (Lipinski definition) is 0. The van der Waals surface area contributed by atoms with Crippen LogP contribution < -0.4 is 4.74 Å². The lowest BCUT2D eigenvalue weighted by atomic mass is 10.2. The SMILES string of the molecule is O=C(COc1cccc(Cl)c1)Cc1ccc(Br)s1. The van der Waals surface area contributed by atoms with E-state index in [1.54, 1.807) is 35.6 Å². The maximum absolute atomic E-state index is 11.7. The van der Waals surface area contributed by atoms with Crippen molar-refractivity contribution in [1.82, 2.24) is 0 Å². The molecule has 0 aliphatic rings. The number of carbonyl (C=O) groups is 1. The molecule has 0 unspecified atom stereocenters. The van der Waals surface area contributed by atoms with Crippen LogP contribution in [0.2, 0.25) is 5.02 Å². The molecule has 1 aromatic heterocycles. The highest BCUT2D eigenvalue weighted by Crippen LogP contribution is 2.22. The molecule has 0 aliphatic heterocycles. The third kappa shape index (κ3) is 4.12. The zero-order valence-electron chi connectivity index (χ0n) is 9.36. The number of benzene rings is 1. The molecule has 94 valence electrons. The van der Waals surface area contributed by atoms with Gasteiger partial charge in [0.05, 0.1) is 3.79 Å². The van der Waals surface area contributed by atoms with Gasteiger partial charge in [0, 0.05) is 16.3 Å². The van der Waals surface area contributed by atoms with E-state index in [1.807, 2.05) is 12.1 Å². The van der Waals surface area contributed by atoms with Crippen LogP contribution in [-0.2, 0) is 11.2 Å². The van der Waals surface area contributed by atoms with Crippen LogP contribution in [0.25, 0.3) is 0 Å². The molecule has 0 radical (unpaired) electrons. The summed E-state index contributed by atoms with van der Waals surface area (Å²) < 4.78 is 6.42. The lowest BCUT2D eigenvalue weighted by molar-refractivity contribution is -0.120. The maximum atomic E-state index is 11.7. The summed E-state index contributed by atoms with van der Waals surface area (Å²) in [6.07, 6.45) is 0.400. The molecule has 0 N–H and O–H groups in total. The van der Waals surface area contributed by atoms with Crippen LogP contribution in [0.4, 0.5) is 0 Å². The van der Waals surface area contributed by atoms with E-state index >= 15 is 0 Å². The van der Waals surface area contributed by atoms with Crippen molar-refractivity contribution in [2.24, 2.45) is 0 Å². The van der Waals surface area contributed by atoms with Crippen LogP contribution in [-0.4, -0.2) is 12.4 Å². The predicted molar refractivity (Wildman–Crippen MR) is 77.7 cm³/mol. The molecule has 1 aromatic carbocycles.